The number of hydrogen-bond acceptors (Lipinski definition) is 5. The fourth-order valence-corrected chi connectivity index (χ4v) is 1.34. The van der Waals surface area contributed by atoms with Crippen molar-refractivity contribution in [2.75, 3.05) is 12.9 Å². The number of esters is 1. The van der Waals surface area contributed by atoms with Gasteiger partial charge in [-0.25, -0.2) is 0 Å². The number of unbranched alkanes of at least 4 members (excludes halogenated alkanes) is 2. The summed E-state index contributed by atoms with van der Waals surface area (Å²) in [7, 11) is 1.37. The molecule has 16 heavy (non-hydrogen) atoms. The Labute approximate surface area is 108 Å². The van der Waals surface area contributed by atoms with Gasteiger partial charge in [0, 0.05) is 18.6 Å². The van der Waals surface area contributed by atoms with Crippen LogP contribution in [-0.2, 0) is 14.3 Å². The maximum absolute atomic E-state index is 11.3. The van der Waals surface area contributed by atoms with E-state index in [-0.39, 0.29) is 24.2 Å². The van der Waals surface area contributed by atoms with E-state index in [1.54, 1.807) is 0 Å². The van der Waals surface area contributed by atoms with Crippen LogP contribution in [0.2, 0.25) is 0 Å². The zero-order valence-corrected chi connectivity index (χ0v) is 11.2. The Morgan fingerprint density at radius 1 is 1.25 bits per heavy atom. The maximum atomic E-state index is 11.3. The van der Waals surface area contributed by atoms with Crippen LogP contribution in [0.3, 0.4) is 0 Å². The molecule has 0 saturated heterocycles. The van der Waals surface area contributed by atoms with Crippen molar-refractivity contribution < 1.29 is 14.3 Å². The minimum absolute atomic E-state index is 0. The molecule has 0 saturated carbocycles. The normalized spacial score (nSPS) is 11.4. The molecule has 96 valence electrons. The molecule has 0 bridgehead atoms. The monoisotopic (exact) mass is 269 g/mol. The Morgan fingerprint density at radius 2 is 1.81 bits per heavy atom. The van der Waals surface area contributed by atoms with E-state index >= 15 is 0 Å². The third-order valence-electron chi connectivity index (χ3n) is 2.14. The first-order valence-corrected chi connectivity index (χ1v) is 5.71. The first-order valence-electron chi connectivity index (χ1n) is 5.07. The van der Waals surface area contributed by atoms with Crippen molar-refractivity contribution in [3.8, 4) is 0 Å². The van der Waals surface area contributed by atoms with Crippen molar-refractivity contribution in [3.05, 3.63) is 0 Å². The van der Waals surface area contributed by atoms with E-state index < -0.39 is 6.04 Å². The first kappa shape index (κ1) is 18.1. The quantitative estimate of drug-likeness (QED) is 0.397. The Morgan fingerprint density at radius 3 is 2.31 bits per heavy atom. The summed E-state index contributed by atoms with van der Waals surface area (Å²) in [5, 5.41) is 0. The number of carbonyl (C=O) groups excluding carboxylic acids is 2. The lowest BCUT2D eigenvalue weighted by atomic mass is 10.1. The van der Waals surface area contributed by atoms with Crippen molar-refractivity contribution in [2.45, 2.75) is 38.1 Å². The van der Waals surface area contributed by atoms with Crippen LogP contribution in [0.5, 0.6) is 0 Å². The van der Waals surface area contributed by atoms with Gasteiger partial charge in [0.2, 0.25) is 0 Å². The summed E-state index contributed by atoms with van der Waals surface area (Å²) in [6, 6.07) is -0.450. The summed E-state index contributed by atoms with van der Waals surface area (Å²) < 4.78 is 4.50. The minimum Gasteiger partial charge on any atom is -0.469 e. The van der Waals surface area contributed by atoms with Crippen molar-refractivity contribution in [1.82, 2.24) is 0 Å². The topological polar surface area (TPSA) is 69.4 Å². The average Bonchev–Trinajstić information content (AvgIpc) is 2.26. The van der Waals surface area contributed by atoms with Crippen molar-refractivity contribution in [3.63, 3.8) is 0 Å². The van der Waals surface area contributed by atoms with Gasteiger partial charge in [-0.3, -0.25) is 9.59 Å². The van der Waals surface area contributed by atoms with Crippen molar-refractivity contribution in [1.29, 1.82) is 0 Å². The number of methoxy groups -OCH3 is 1. The van der Waals surface area contributed by atoms with Gasteiger partial charge in [-0.2, -0.15) is 12.6 Å². The number of ketones is 1. The van der Waals surface area contributed by atoms with E-state index in [4.69, 9.17) is 5.73 Å². The molecule has 0 heterocycles. The molecule has 0 aliphatic rings. The van der Waals surface area contributed by atoms with E-state index in [2.05, 4.69) is 17.4 Å². The van der Waals surface area contributed by atoms with Crippen LogP contribution in [-0.4, -0.2) is 30.7 Å². The summed E-state index contributed by atoms with van der Waals surface area (Å²) >= 11 is 3.95. The predicted molar refractivity (Wildman–Crippen MR) is 69.2 cm³/mol. The Bertz CT molecular complexity index is 214. The first-order chi connectivity index (χ1) is 7.11. The molecule has 0 aliphatic carbocycles. The zero-order chi connectivity index (χ0) is 11.7. The van der Waals surface area contributed by atoms with Crippen molar-refractivity contribution in [2.24, 2.45) is 5.73 Å². The van der Waals surface area contributed by atoms with E-state index in [1.165, 1.54) is 7.11 Å². The molecule has 0 amide bonds. The van der Waals surface area contributed by atoms with Crippen LogP contribution in [0.1, 0.15) is 32.1 Å². The molecular weight excluding hydrogens is 250 g/mol. The summed E-state index contributed by atoms with van der Waals surface area (Å²) in [5.41, 5.74) is 5.50. The molecule has 0 radical (unpaired) electrons. The number of rotatable bonds is 8. The largest absolute Gasteiger partial charge is 0.469 e. The number of carbonyl (C=O) groups is 2. The van der Waals surface area contributed by atoms with Crippen LogP contribution in [0.4, 0.5) is 0 Å². The van der Waals surface area contributed by atoms with Gasteiger partial charge < -0.3 is 10.5 Å². The molecule has 0 spiro atoms. The second-order valence-corrected chi connectivity index (χ2v) is 3.76. The summed E-state index contributed by atoms with van der Waals surface area (Å²) in [5.74, 6) is 0.234. The molecule has 0 aromatic carbocycles. The lowest BCUT2D eigenvalue weighted by molar-refractivity contribution is -0.140. The predicted octanol–water partition coefficient (Wildman–Crippen LogP) is 1.36. The fraction of sp³-hybridized carbons (Fsp3) is 0.800. The number of hydrogen-bond donors (Lipinski definition) is 2. The summed E-state index contributed by atoms with van der Waals surface area (Å²) in [4.78, 5) is 22.0. The Hall–Kier alpha value is -0.260. The molecule has 6 heteroatoms. The molecule has 0 aliphatic heterocycles. The SMILES string of the molecule is COC(=O)CCCCCC(=O)C(N)CS.Cl. The van der Waals surface area contributed by atoms with Crippen LogP contribution >= 0.6 is 25.0 Å². The molecule has 4 nitrogen and oxygen atoms in total. The molecular formula is C10H20ClNO3S. The maximum Gasteiger partial charge on any atom is 0.305 e. The third-order valence-corrected chi connectivity index (χ3v) is 2.54. The standard InChI is InChI=1S/C10H19NO3S.ClH/c1-14-10(13)6-4-2-3-5-9(12)8(11)7-15;/h8,15H,2-7,11H2,1H3;1H. The molecule has 2 N–H and O–H groups in total. The van der Waals surface area contributed by atoms with Crippen LogP contribution < -0.4 is 5.73 Å². The number of thiol groups is 1. The highest BCUT2D eigenvalue weighted by molar-refractivity contribution is 7.80. The highest BCUT2D eigenvalue weighted by Crippen LogP contribution is 2.05. The smallest absolute Gasteiger partial charge is 0.305 e. The van der Waals surface area contributed by atoms with E-state index in [9.17, 15) is 9.59 Å². The molecule has 0 aromatic heterocycles. The Balaban J connectivity index is 0. The second kappa shape index (κ2) is 11.2. The molecule has 1 atom stereocenters. The Kier molecular flexibility index (Phi) is 12.7. The van der Waals surface area contributed by atoms with E-state index in [0.717, 1.165) is 19.3 Å². The molecule has 0 rings (SSSR count). The van der Waals surface area contributed by atoms with Crippen molar-refractivity contribution >= 4 is 36.8 Å². The molecule has 1 unspecified atom stereocenters. The summed E-state index contributed by atoms with van der Waals surface area (Å²) in [6.45, 7) is 0. The van der Waals surface area contributed by atoms with E-state index in [0.29, 0.717) is 18.6 Å². The highest BCUT2D eigenvalue weighted by Gasteiger charge is 2.10. The minimum atomic E-state index is -0.450. The number of halogens is 1. The zero-order valence-electron chi connectivity index (χ0n) is 9.48. The summed E-state index contributed by atoms with van der Waals surface area (Å²) in [6.07, 6.45) is 3.28. The highest BCUT2D eigenvalue weighted by atomic mass is 35.5. The van der Waals surface area contributed by atoms with Gasteiger partial charge in [-0.15, -0.1) is 12.4 Å². The number of nitrogens with two attached hydrogens (primary N) is 1. The van der Waals surface area contributed by atoms with Crippen LogP contribution in [0.25, 0.3) is 0 Å². The third kappa shape index (κ3) is 9.00. The van der Waals surface area contributed by atoms with Gasteiger partial charge in [0.25, 0.3) is 0 Å². The fourth-order valence-electron chi connectivity index (χ4n) is 1.13. The van der Waals surface area contributed by atoms with Gasteiger partial charge >= 0.3 is 5.97 Å². The van der Waals surface area contributed by atoms with Gasteiger partial charge in [0.05, 0.1) is 13.2 Å². The van der Waals surface area contributed by atoms with Gasteiger partial charge in [0.1, 0.15) is 5.78 Å². The van der Waals surface area contributed by atoms with Gasteiger partial charge in [-0.1, -0.05) is 6.42 Å². The molecule has 0 fully saturated rings. The molecule has 0 aromatic rings. The number of ether oxygens (including phenoxy) is 1. The van der Waals surface area contributed by atoms with Gasteiger partial charge in [0.15, 0.2) is 0 Å². The van der Waals surface area contributed by atoms with Crippen LogP contribution in [0.15, 0.2) is 0 Å². The lowest BCUT2D eigenvalue weighted by Crippen LogP contribution is -2.31. The average molecular weight is 270 g/mol. The van der Waals surface area contributed by atoms with E-state index in [1.807, 2.05) is 0 Å². The second-order valence-electron chi connectivity index (χ2n) is 3.39. The lowest BCUT2D eigenvalue weighted by Gasteiger charge is -2.06. The van der Waals surface area contributed by atoms with Gasteiger partial charge in [-0.05, 0) is 12.8 Å². The van der Waals surface area contributed by atoms with Crippen LogP contribution in [0, 0.1) is 0 Å². The number of Topliss-reactive ketones (excluding diaryl/α,β-unsaturated/α-hetero) is 1.